The number of hydrogen-bond acceptors (Lipinski definition) is 5. The summed E-state index contributed by atoms with van der Waals surface area (Å²) in [6.07, 6.45) is 0.829. The highest BCUT2D eigenvalue weighted by molar-refractivity contribution is 5.03. The first kappa shape index (κ1) is 14.0. The monoisotopic (exact) mass is 270 g/mol. The largest absolute Gasteiger partial charge is 0.396 e. The molecule has 19 heavy (non-hydrogen) atoms. The van der Waals surface area contributed by atoms with Crippen LogP contribution in [0.2, 0.25) is 0 Å². The van der Waals surface area contributed by atoms with Gasteiger partial charge in [-0.3, -0.25) is 14.3 Å². The molecule has 2 atom stereocenters. The van der Waals surface area contributed by atoms with Crippen LogP contribution in [0.25, 0.3) is 0 Å². The summed E-state index contributed by atoms with van der Waals surface area (Å²) in [7, 11) is 0. The van der Waals surface area contributed by atoms with E-state index in [4.69, 9.17) is 4.74 Å². The molecule has 0 aliphatic carbocycles. The minimum absolute atomic E-state index is 0.163. The number of H-pyrrole nitrogens is 1. The predicted molar refractivity (Wildman–Crippen MR) is 66.8 cm³/mol. The van der Waals surface area contributed by atoms with Crippen molar-refractivity contribution >= 4 is 0 Å². The highest BCUT2D eigenvalue weighted by Crippen LogP contribution is 2.42. The van der Waals surface area contributed by atoms with Crippen LogP contribution in [0.15, 0.2) is 15.8 Å². The van der Waals surface area contributed by atoms with Crippen molar-refractivity contribution in [1.82, 2.24) is 9.55 Å². The molecule has 2 rings (SSSR count). The topological polar surface area (TPSA) is 105 Å². The number of ether oxygens (including phenoxy) is 1. The van der Waals surface area contributed by atoms with Gasteiger partial charge in [0.05, 0.1) is 19.8 Å². The van der Waals surface area contributed by atoms with E-state index in [9.17, 15) is 19.8 Å². The first-order chi connectivity index (χ1) is 8.95. The average Bonchev–Trinajstić information content (AvgIpc) is 2.72. The zero-order valence-electron chi connectivity index (χ0n) is 10.9. The molecule has 1 aliphatic rings. The van der Waals surface area contributed by atoms with Crippen LogP contribution in [0.4, 0.5) is 0 Å². The van der Waals surface area contributed by atoms with Crippen molar-refractivity contribution in [3.8, 4) is 0 Å². The molecule has 2 heterocycles. The number of aliphatic hydroxyl groups excluding tert-OH is 2. The molecule has 1 aromatic rings. The van der Waals surface area contributed by atoms with Gasteiger partial charge in [-0.25, -0.2) is 4.79 Å². The summed E-state index contributed by atoms with van der Waals surface area (Å²) < 4.78 is 6.85. The summed E-state index contributed by atoms with van der Waals surface area (Å²) >= 11 is 0. The van der Waals surface area contributed by atoms with E-state index in [1.54, 1.807) is 13.8 Å². The molecule has 0 unspecified atom stereocenters. The van der Waals surface area contributed by atoms with Gasteiger partial charge in [-0.1, -0.05) is 6.92 Å². The fraction of sp³-hybridized carbons (Fsp3) is 0.667. The van der Waals surface area contributed by atoms with E-state index in [1.807, 2.05) is 0 Å². The van der Waals surface area contributed by atoms with Crippen molar-refractivity contribution < 1.29 is 14.9 Å². The Balaban J connectivity index is 2.43. The van der Waals surface area contributed by atoms with Crippen LogP contribution in [0.3, 0.4) is 0 Å². The van der Waals surface area contributed by atoms with Crippen molar-refractivity contribution in [2.75, 3.05) is 19.8 Å². The minimum Gasteiger partial charge on any atom is -0.396 e. The third kappa shape index (κ3) is 2.13. The highest BCUT2D eigenvalue weighted by Gasteiger charge is 2.47. The minimum atomic E-state index is -0.770. The van der Waals surface area contributed by atoms with Gasteiger partial charge in [0.1, 0.15) is 6.23 Å². The van der Waals surface area contributed by atoms with Crippen molar-refractivity contribution in [2.45, 2.75) is 20.1 Å². The molecule has 3 N–H and O–H groups in total. The van der Waals surface area contributed by atoms with Gasteiger partial charge in [0.2, 0.25) is 0 Å². The molecule has 106 valence electrons. The number of nitrogens with zero attached hydrogens (tertiary/aromatic N) is 1. The van der Waals surface area contributed by atoms with Crippen LogP contribution in [-0.2, 0) is 4.74 Å². The predicted octanol–water partition coefficient (Wildman–Crippen LogP) is -1.02. The van der Waals surface area contributed by atoms with Gasteiger partial charge in [-0.05, 0) is 6.92 Å². The maximum Gasteiger partial charge on any atom is 0.330 e. The Labute approximate surface area is 109 Å². The second kappa shape index (κ2) is 4.92. The molecule has 0 bridgehead atoms. The molecule has 1 aliphatic heterocycles. The third-order valence-electron chi connectivity index (χ3n) is 3.99. The number of hydrogen-bond donors (Lipinski definition) is 3. The van der Waals surface area contributed by atoms with E-state index in [1.165, 1.54) is 10.8 Å². The molecule has 0 saturated carbocycles. The molecular formula is C12H18N2O5. The Morgan fingerprint density at radius 2 is 2.11 bits per heavy atom. The van der Waals surface area contributed by atoms with E-state index >= 15 is 0 Å². The molecule has 1 saturated heterocycles. The van der Waals surface area contributed by atoms with Crippen LogP contribution in [-0.4, -0.2) is 39.6 Å². The lowest BCUT2D eigenvalue weighted by Crippen LogP contribution is -2.39. The van der Waals surface area contributed by atoms with Crippen molar-refractivity contribution in [1.29, 1.82) is 0 Å². The normalized spacial score (nSPS) is 25.7. The first-order valence-electron chi connectivity index (χ1n) is 6.10. The van der Waals surface area contributed by atoms with E-state index < -0.39 is 22.9 Å². The molecule has 0 spiro atoms. The van der Waals surface area contributed by atoms with E-state index in [2.05, 4.69) is 4.98 Å². The zero-order valence-corrected chi connectivity index (χ0v) is 10.9. The SMILES string of the molecule is Cc1cn([C@H]2OCC(CO)(CO)[C@@H]2C)c(=O)[nH]c1=O. The summed E-state index contributed by atoms with van der Waals surface area (Å²) in [6, 6.07) is 0. The standard InChI is InChI=1S/C12H18N2O5/c1-7-3-14(11(18)13-9(7)17)10-8(2)12(4-15,5-16)6-19-10/h3,8,10,15-16H,4-6H2,1-2H3,(H,13,17,18)/t8-,10+/m1/s1. The maximum atomic E-state index is 11.8. The van der Waals surface area contributed by atoms with Crippen LogP contribution in [0, 0.1) is 18.3 Å². The molecule has 0 aromatic carbocycles. The molecule has 1 aromatic heterocycles. The number of nitrogens with one attached hydrogen (secondary N) is 1. The highest BCUT2D eigenvalue weighted by atomic mass is 16.5. The quantitative estimate of drug-likeness (QED) is 0.652. The number of aromatic amines is 1. The lowest BCUT2D eigenvalue weighted by atomic mass is 9.79. The third-order valence-corrected chi connectivity index (χ3v) is 3.99. The van der Waals surface area contributed by atoms with Gasteiger partial charge in [-0.15, -0.1) is 0 Å². The van der Waals surface area contributed by atoms with Crippen LogP contribution in [0.5, 0.6) is 0 Å². The van der Waals surface area contributed by atoms with Crippen molar-refractivity contribution in [3.63, 3.8) is 0 Å². The Morgan fingerprint density at radius 3 is 2.63 bits per heavy atom. The van der Waals surface area contributed by atoms with Gasteiger partial charge in [0, 0.05) is 23.1 Å². The van der Waals surface area contributed by atoms with Crippen LogP contribution in [0.1, 0.15) is 18.7 Å². The molecule has 7 nitrogen and oxygen atoms in total. The number of rotatable bonds is 3. The van der Waals surface area contributed by atoms with Gasteiger partial charge in [-0.2, -0.15) is 0 Å². The van der Waals surface area contributed by atoms with E-state index in [0.717, 1.165) is 0 Å². The van der Waals surface area contributed by atoms with Gasteiger partial charge < -0.3 is 14.9 Å². The zero-order chi connectivity index (χ0) is 14.2. The van der Waals surface area contributed by atoms with Crippen molar-refractivity contribution in [3.05, 3.63) is 32.6 Å². The van der Waals surface area contributed by atoms with Gasteiger partial charge in [0.15, 0.2) is 0 Å². The summed E-state index contributed by atoms with van der Waals surface area (Å²) in [4.78, 5) is 25.4. The maximum absolute atomic E-state index is 11.8. The van der Waals surface area contributed by atoms with Crippen molar-refractivity contribution in [2.24, 2.45) is 11.3 Å². The smallest absolute Gasteiger partial charge is 0.330 e. The van der Waals surface area contributed by atoms with Crippen LogP contribution < -0.4 is 11.2 Å². The number of aromatic nitrogens is 2. The first-order valence-corrected chi connectivity index (χ1v) is 6.10. The summed E-state index contributed by atoms with van der Waals surface area (Å²) in [5.41, 5.74) is -1.35. The second-order valence-electron chi connectivity index (χ2n) is 5.15. The Morgan fingerprint density at radius 1 is 1.47 bits per heavy atom. The van der Waals surface area contributed by atoms with E-state index in [0.29, 0.717) is 5.56 Å². The average molecular weight is 270 g/mol. The second-order valence-corrected chi connectivity index (χ2v) is 5.15. The van der Waals surface area contributed by atoms with Crippen LogP contribution >= 0.6 is 0 Å². The lowest BCUT2D eigenvalue weighted by Gasteiger charge is -2.29. The number of aryl methyl sites for hydroxylation is 1. The molecule has 1 fully saturated rings. The Kier molecular flexibility index (Phi) is 3.62. The summed E-state index contributed by atoms with van der Waals surface area (Å²) in [5, 5.41) is 18.9. The number of aliphatic hydroxyl groups is 2. The molecular weight excluding hydrogens is 252 g/mol. The Hall–Kier alpha value is -1.44. The summed E-state index contributed by atoms with van der Waals surface area (Å²) in [6.45, 7) is 3.11. The molecule has 7 heteroatoms. The van der Waals surface area contributed by atoms with E-state index in [-0.39, 0.29) is 25.7 Å². The fourth-order valence-corrected chi connectivity index (χ4v) is 2.36. The molecule has 0 amide bonds. The Bertz CT molecular complexity index is 572. The fourth-order valence-electron chi connectivity index (χ4n) is 2.36. The van der Waals surface area contributed by atoms with Gasteiger partial charge >= 0.3 is 5.69 Å². The van der Waals surface area contributed by atoms with Gasteiger partial charge in [0.25, 0.3) is 5.56 Å². The summed E-state index contributed by atoms with van der Waals surface area (Å²) in [5.74, 6) is -0.259. The lowest BCUT2D eigenvalue weighted by molar-refractivity contribution is 0.0212. The molecule has 0 radical (unpaired) electrons.